The Morgan fingerprint density at radius 2 is 0.390 bits per heavy atom. The van der Waals surface area contributed by atoms with Crippen LogP contribution in [0, 0.1) is 96.9 Å². The third-order valence-electron chi connectivity index (χ3n) is 17.2. The third-order valence-corrected chi connectivity index (χ3v) is 18.9. The van der Waals surface area contributed by atoms with Gasteiger partial charge in [0.25, 0.3) is 5.91 Å². The van der Waals surface area contributed by atoms with E-state index in [2.05, 4.69) is 244 Å². The van der Waals surface area contributed by atoms with Gasteiger partial charge in [-0.25, -0.2) is 0 Å². The zero-order chi connectivity index (χ0) is 105. The van der Waals surface area contributed by atoms with Gasteiger partial charge in [0.2, 0.25) is 0 Å². The number of carbonyl (C=O) groups excluding carboxylic acids is 2. The van der Waals surface area contributed by atoms with Crippen LogP contribution in [0.25, 0.3) is 11.1 Å². The summed E-state index contributed by atoms with van der Waals surface area (Å²) in [6.45, 7) is 85.0. The average Bonchev–Trinajstić information content (AvgIpc) is 0.849. The normalized spacial score (nSPS) is 8.66. The lowest BCUT2D eigenvalue weighted by Gasteiger charge is -2.05. The van der Waals surface area contributed by atoms with Gasteiger partial charge in [-0.15, -0.1) is 0 Å². The molecule has 0 fully saturated rings. The third kappa shape index (κ3) is 66.0. The second kappa shape index (κ2) is 93.9. The Bertz CT molecular complexity index is 4470. The molecule has 5 nitrogen and oxygen atoms in total. The Morgan fingerprint density at radius 3 is 0.632 bits per heavy atom. The zero-order valence-electron chi connectivity index (χ0n) is 93.0. The predicted molar refractivity (Wildman–Crippen MR) is 619 cm³/mol. The first-order chi connectivity index (χ1) is 66.0. The van der Waals surface area contributed by atoms with Crippen molar-refractivity contribution in [3.05, 3.63) is 445 Å². The van der Waals surface area contributed by atoms with Crippen LogP contribution in [0.4, 0.5) is 5.69 Å². The summed E-state index contributed by atoms with van der Waals surface area (Å²) in [5.41, 5.74) is 25.8. The van der Waals surface area contributed by atoms with Crippen LogP contribution in [0.2, 0.25) is 0 Å². The van der Waals surface area contributed by atoms with E-state index in [1.54, 1.807) is 11.8 Å². The summed E-state index contributed by atoms with van der Waals surface area (Å²) >= 11 is 3.19. The summed E-state index contributed by atoms with van der Waals surface area (Å²) in [4.78, 5) is 27.7. The van der Waals surface area contributed by atoms with Gasteiger partial charge in [-0.3, -0.25) is 9.59 Å². The highest BCUT2D eigenvalue weighted by atomic mass is 32.2. The van der Waals surface area contributed by atoms with E-state index in [1.165, 1.54) is 116 Å². The van der Waals surface area contributed by atoms with E-state index in [-0.39, 0.29) is 11.7 Å². The molecule has 0 radical (unpaired) electrons. The number of rotatable bonds is 14. The number of anilines is 1. The summed E-state index contributed by atoms with van der Waals surface area (Å²) < 4.78 is 11.3. The van der Waals surface area contributed by atoms with Gasteiger partial charge >= 0.3 is 0 Å². The van der Waals surface area contributed by atoms with Gasteiger partial charge < -0.3 is 14.2 Å². The Balaban J connectivity index is -0.000000273. The highest BCUT2D eigenvalue weighted by molar-refractivity contribution is 7.99. The van der Waals surface area contributed by atoms with Gasteiger partial charge in [0.15, 0.2) is 5.78 Å². The van der Waals surface area contributed by atoms with Gasteiger partial charge in [-0.2, -0.15) is 0 Å². The molecular weight excluding hydrogens is 1690 g/mol. The second-order valence-corrected chi connectivity index (χ2v) is 29.3. The molecule has 0 atom stereocenters. The smallest absolute Gasteiger partial charge is 0.255 e. The van der Waals surface area contributed by atoms with Gasteiger partial charge in [0.1, 0.15) is 17.2 Å². The molecule has 0 heterocycles. The van der Waals surface area contributed by atoms with E-state index < -0.39 is 0 Å². The van der Waals surface area contributed by atoms with Crippen molar-refractivity contribution >= 4 is 41.2 Å². The largest absolute Gasteiger partial charge is 0.457 e. The molecule has 14 rings (SSSR count). The quantitative estimate of drug-likeness (QED) is 0.0865. The molecule has 0 saturated carbocycles. The van der Waals surface area contributed by atoms with Crippen molar-refractivity contribution in [2.45, 2.75) is 312 Å². The minimum absolute atomic E-state index is 0.0751. The first kappa shape index (κ1) is 138. The zero-order valence-corrected chi connectivity index (χ0v) is 94.6. The fraction of sp³-hybridized carbons (Fsp3) is 0.333. The lowest BCUT2D eigenvalue weighted by atomic mass is 10.0. The maximum absolute atomic E-state index is 12.1. The number of ether oxygens (including phenoxy) is 1. The van der Waals surface area contributed by atoms with Crippen LogP contribution < -0.4 is 14.2 Å². The first-order valence-corrected chi connectivity index (χ1v) is 52.1. The number of amides is 1. The lowest BCUT2D eigenvalue weighted by Crippen LogP contribution is -2.11. The number of carbonyl (C=O) groups is 2. The number of nitrogens with one attached hydrogen (secondary N) is 1. The predicted octanol–water partition coefficient (Wildman–Crippen LogP) is 42.3. The molecule has 14 aromatic rings. The number of ketones is 1. The van der Waals surface area contributed by atoms with E-state index >= 15 is 0 Å². The maximum Gasteiger partial charge on any atom is 0.255 e. The van der Waals surface area contributed by atoms with Crippen LogP contribution in [-0.2, 0) is 6.42 Å². The summed E-state index contributed by atoms with van der Waals surface area (Å²) in [6, 6.07) is 115. The summed E-state index contributed by atoms with van der Waals surface area (Å²) in [5.74, 6) is 2.65. The van der Waals surface area contributed by atoms with Crippen LogP contribution in [0.15, 0.2) is 354 Å². The molecule has 0 aliphatic carbocycles. The van der Waals surface area contributed by atoms with Crippen LogP contribution in [0.5, 0.6) is 17.2 Å². The van der Waals surface area contributed by atoms with E-state index in [9.17, 15) is 9.59 Å². The molecule has 136 heavy (non-hydrogen) atoms. The fourth-order valence-electron chi connectivity index (χ4n) is 10.2. The number of aryl methyl sites for hydroxylation is 14. The fourth-order valence-corrected chi connectivity index (χ4v) is 11.6. The Morgan fingerprint density at radius 1 is 0.206 bits per heavy atom. The highest BCUT2D eigenvalue weighted by Gasteiger charge is 2.09. The molecular formula is C129H185NO4S2. The standard InChI is InChI=1S/C15H15NO.C15H14O.C15H16.C14H14OS.C14H14O.C14H14S.C14H14.14C2H6/c1-11-3-7-13(8-4-11)15(17)16-14-9-5-12(2)6-10-14;1-11-3-7-13(8-4-11)15(16)14-9-5-12(2)6-10-14;1-12-3-7-14(8-4-12)11-15-9-5-13(2)6-10-15;1-11-3-7-13(8-4-11)15-16-14-9-5-12(2)6-10-14;2*1-11-3-7-13(8-4-11)15-14-9-5-12(2)6-10-14;1-11-3-7-13(8-4-11)14-9-5-12(2)6-10-14;14*1-2/h3-10H,1-2H3,(H,16,17);3-10H,1-2H3;3-10H,11H2,1-2H3;3-10H,1-2H3;2*3-10H,1-2H3;3-10H,1-2H3;14*1-2H3. The number of hydrogen-bond donors (Lipinski definition) is 1. The molecule has 0 bridgehead atoms. The molecule has 7 heteroatoms. The van der Waals surface area contributed by atoms with Crippen LogP contribution >= 0.6 is 23.8 Å². The van der Waals surface area contributed by atoms with Crippen LogP contribution in [-0.4, -0.2) is 11.7 Å². The molecule has 0 unspecified atom stereocenters. The van der Waals surface area contributed by atoms with E-state index in [0.717, 1.165) is 50.9 Å². The Hall–Kier alpha value is -11.5. The summed E-state index contributed by atoms with van der Waals surface area (Å²) in [5, 5.41) is 2.87. The SMILES string of the molecule is CC.CC.CC.CC.CC.CC.CC.CC.CC.CC.CC.CC.CC.CC.Cc1ccc(-c2ccc(C)cc2)cc1.Cc1ccc(C(=O)c2ccc(C)cc2)cc1.Cc1ccc(Cc2ccc(C)cc2)cc1.Cc1ccc(NC(=O)c2ccc(C)cc2)cc1.Cc1ccc(OSc2ccc(C)cc2)cc1.Cc1ccc(Oc2ccc(C)cc2)cc1.Cc1ccc(Sc2ccc(C)cc2)cc1. The van der Waals surface area contributed by atoms with Gasteiger partial charge in [0.05, 0.1) is 12.0 Å². The van der Waals surface area contributed by atoms with Crippen molar-refractivity contribution in [2.75, 3.05) is 5.32 Å². The van der Waals surface area contributed by atoms with E-state index in [0.29, 0.717) is 5.56 Å². The Kier molecular flexibility index (Phi) is 95.0. The van der Waals surface area contributed by atoms with Crippen LogP contribution in [0.1, 0.15) is 309 Å². The molecule has 14 aromatic carbocycles. The van der Waals surface area contributed by atoms with Crippen molar-refractivity contribution in [1.82, 2.24) is 0 Å². The first-order valence-electron chi connectivity index (χ1n) is 50.5. The minimum Gasteiger partial charge on any atom is -0.457 e. The van der Waals surface area contributed by atoms with Gasteiger partial charge in [0, 0.05) is 37.1 Å². The van der Waals surface area contributed by atoms with Crippen molar-refractivity contribution in [1.29, 1.82) is 0 Å². The monoisotopic (exact) mass is 1880 g/mol. The van der Waals surface area contributed by atoms with Crippen LogP contribution in [0.3, 0.4) is 0 Å². The minimum atomic E-state index is -0.0751. The van der Waals surface area contributed by atoms with Gasteiger partial charge in [-0.1, -0.05) is 526 Å². The van der Waals surface area contributed by atoms with E-state index in [4.69, 9.17) is 8.92 Å². The number of benzene rings is 14. The van der Waals surface area contributed by atoms with Gasteiger partial charge in [-0.05, 0) is 223 Å². The molecule has 0 saturated heterocycles. The molecule has 0 aliphatic heterocycles. The molecule has 0 aliphatic rings. The van der Waals surface area contributed by atoms with Crippen molar-refractivity contribution in [2.24, 2.45) is 0 Å². The van der Waals surface area contributed by atoms with Crippen molar-refractivity contribution < 1.29 is 18.5 Å². The molecule has 1 amide bonds. The van der Waals surface area contributed by atoms with Crippen molar-refractivity contribution in [3.8, 4) is 28.4 Å². The van der Waals surface area contributed by atoms with E-state index in [1.807, 2.05) is 391 Å². The summed E-state index contributed by atoms with van der Waals surface area (Å²) in [6.07, 6.45) is 1.03. The molecule has 1 N–H and O–H groups in total. The topological polar surface area (TPSA) is 64.6 Å². The molecule has 0 aromatic heterocycles. The van der Waals surface area contributed by atoms with Crippen molar-refractivity contribution in [3.63, 3.8) is 0 Å². The molecule has 742 valence electrons. The Labute approximate surface area is 844 Å². The second-order valence-electron chi connectivity index (χ2n) is 27.4. The maximum atomic E-state index is 12.1. The number of hydrogen-bond acceptors (Lipinski definition) is 6. The lowest BCUT2D eigenvalue weighted by molar-refractivity contribution is 0.102. The average molecular weight is 1880 g/mol. The molecule has 0 spiro atoms. The summed E-state index contributed by atoms with van der Waals surface area (Å²) in [7, 11) is 0. The highest BCUT2D eigenvalue weighted by Crippen LogP contribution is 2.29.